The summed E-state index contributed by atoms with van der Waals surface area (Å²) >= 11 is 6.00. The maximum absolute atomic E-state index is 12.6. The van der Waals surface area contributed by atoms with Gasteiger partial charge in [-0.25, -0.2) is 0 Å². The van der Waals surface area contributed by atoms with E-state index < -0.39 is 0 Å². The summed E-state index contributed by atoms with van der Waals surface area (Å²) in [5.74, 6) is 0.895. The van der Waals surface area contributed by atoms with Crippen LogP contribution >= 0.6 is 35.6 Å². The number of hydrogen-bond donors (Lipinski definition) is 2. The smallest absolute Gasteiger partial charge is 0.287 e. The minimum absolute atomic E-state index is 0. The third-order valence-electron chi connectivity index (χ3n) is 4.83. The summed E-state index contributed by atoms with van der Waals surface area (Å²) in [6.07, 6.45) is 1.82. The van der Waals surface area contributed by atoms with Gasteiger partial charge in [-0.15, -0.1) is 24.0 Å². The number of halogens is 2. The van der Waals surface area contributed by atoms with Crippen LogP contribution in [0.4, 0.5) is 0 Å². The van der Waals surface area contributed by atoms with Crippen LogP contribution in [0.3, 0.4) is 0 Å². The Morgan fingerprint density at radius 2 is 1.77 bits per heavy atom. The van der Waals surface area contributed by atoms with E-state index in [4.69, 9.17) is 16.0 Å². The lowest BCUT2D eigenvalue weighted by Crippen LogP contribution is -2.54. The maximum atomic E-state index is 12.6. The molecular weight excluding hydrogens is 533 g/mol. The van der Waals surface area contributed by atoms with E-state index in [1.807, 2.05) is 23.1 Å². The zero-order valence-corrected chi connectivity index (χ0v) is 20.4. The third kappa shape index (κ3) is 7.42. The maximum Gasteiger partial charge on any atom is 0.287 e. The summed E-state index contributed by atoms with van der Waals surface area (Å²) in [6.45, 7) is 3.63. The molecule has 0 unspecified atom stereocenters. The highest BCUT2D eigenvalue weighted by Crippen LogP contribution is 2.13. The lowest BCUT2D eigenvalue weighted by atomic mass is 10.1. The van der Waals surface area contributed by atoms with Crippen LogP contribution in [-0.4, -0.2) is 73.9 Å². The lowest BCUT2D eigenvalue weighted by Gasteiger charge is -2.36. The molecule has 0 spiro atoms. The highest BCUT2D eigenvalue weighted by Gasteiger charge is 2.23. The van der Waals surface area contributed by atoms with Gasteiger partial charge >= 0.3 is 0 Å². The molecule has 8 nitrogen and oxygen atoms in total. The van der Waals surface area contributed by atoms with Crippen molar-refractivity contribution in [2.45, 2.75) is 6.42 Å². The topological polar surface area (TPSA) is 90.2 Å². The minimum Gasteiger partial charge on any atom is -0.459 e. The number of guanidine groups is 1. The van der Waals surface area contributed by atoms with Crippen LogP contribution in [0.25, 0.3) is 0 Å². The molecule has 1 aliphatic heterocycles. The fourth-order valence-corrected chi connectivity index (χ4v) is 3.49. The molecule has 2 N–H and O–H groups in total. The number of amides is 2. The average Bonchev–Trinajstić information content (AvgIpc) is 3.29. The van der Waals surface area contributed by atoms with Gasteiger partial charge in [0.25, 0.3) is 5.91 Å². The summed E-state index contributed by atoms with van der Waals surface area (Å²) in [6, 6.07) is 10.7. The molecule has 0 saturated carbocycles. The number of piperazine rings is 1. The van der Waals surface area contributed by atoms with Crippen LogP contribution in [0.15, 0.2) is 52.1 Å². The van der Waals surface area contributed by atoms with E-state index in [-0.39, 0.29) is 41.6 Å². The molecule has 1 saturated heterocycles. The summed E-state index contributed by atoms with van der Waals surface area (Å²) in [7, 11) is 1.72. The number of carbonyl (C=O) groups is 2. The monoisotopic (exact) mass is 559 g/mol. The predicted octanol–water partition coefficient (Wildman–Crippen LogP) is 2.24. The average molecular weight is 560 g/mol. The fraction of sp³-hybridized carbons (Fsp3) is 0.381. The largest absolute Gasteiger partial charge is 0.459 e. The van der Waals surface area contributed by atoms with E-state index in [0.29, 0.717) is 50.7 Å². The van der Waals surface area contributed by atoms with Crippen molar-refractivity contribution in [2.75, 3.05) is 46.3 Å². The van der Waals surface area contributed by atoms with Crippen molar-refractivity contribution in [3.05, 3.63) is 59.0 Å². The second-order valence-electron chi connectivity index (χ2n) is 6.88. The quantitative estimate of drug-likeness (QED) is 0.245. The summed E-state index contributed by atoms with van der Waals surface area (Å²) in [5, 5.41) is 6.67. The van der Waals surface area contributed by atoms with E-state index in [1.165, 1.54) is 6.26 Å². The molecule has 2 aromatic rings. The van der Waals surface area contributed by atoms with Gasteiger partial charge in [-0.1, -0.05) is 23.7 Å². The molecule has 1 aromatic carbocycles. The first-order valence-corrected chi connectivity index (χ1v) is 10.2. The second kappa shape index (κ2) is 12.6. The molecule has 1 aromatic heterocycles. The Kier molecular flexibility index (Phi) is 10.1. The molecular formula is C21H27ClIN5O3. The highest BCUT2D eigenvalue weighted by molar-refractivity contribution is 14.0. The molecule has 31 heavy (non-hydrogen) atoms. The third-order valence-corrected chi connectivity index (χ3v) is 5.06. The van der Waals surface area contributed by atoms with Crippen LogP contribution in [0.2, 0.25) is 5.02 Å². The van der Waals surface area contributed by atoms with E-state index in [1.54, 1.807) is 25.2 Å². The van der Waals surface area contributed by atoms with Crippen molar-refractivity contribution in [1.29, 1.82) is 0 Å². The van der Waals surface area contributed by atoms with Crippen LogP contribution in [0, 0.1) is 0 Å². The van der Waals surface area contributed by atoms with E-state index >= 15 is 0 Å². The Hall–Kier alpha value is -2.27. The van der Waals surface area contributed by atoms with Gasteiger partial charge in [-0.2, -0.15) is 0 Å². The zero-order chi connectivity index (χ0) is 21.3. The SMILES string of the molecule is CN=C(NCCNC(=O)c1ccco1)N1CCN(C(=O)Cc2cccc(Cl)c2)CC1.I. The van der Waals surface area contributed by atoms with Gasteiger partial charge in [0.2, 0.25) is 5.91 Å². The fourth-order valence-electron chi connectivity index (χ4n) is 3.28. The Morgan fingerprint density at radius 3 is 2.42 bits per heavy atom. The summed E-state index contributed by atoms with van der Waals surface area (Å²) < 4.78 is 5.06. The van der Waals surface area contributed by atoms with Crippen LogP contribution in [0.1, 0.15) is 16.1 Å². The number of aliphatic imine (C=N–C) groups is 1. The van der Waals surface area contributed by atoms with Crippen LogP contribution in [-0.2, 0) is 11.2 Å². The van der Waals surface area contributed by atoms with Crippen molar-refractivity contribution in [3.8, 4) is 0 Å². The van der Waals surface area contributed by atoms with Crippen LogP contribution < -0.4 is 10.6 Å². The van der Waals surface area contributed by atoms with Crippen molar-refractivity contribution in [3.63, 3.8) is 0 Å². The number of carbonyl (C=O) groups excluding carboxylic acids is 2. The first-order valence-electron chi connectivity index (χ1n) is 9.86. The standard InChI is InChI=1S/C21H26ClN5O3.HI/c1-23-21(25-8-7-24-20(29)18-6-3-13-30-18)27-11-9-26(10-12-27)19(28)15-16-4-2-5-17(22)14-16;/h2-6,13-14H,7-12,15H2,1H3,(H,23,25)(H,24,29);1H. The summed E-state index contributed by atoms with van der Waals surface area (Å²) in [5.41, 5.74) is 0.920. The number of nitrogens with one attached hydrogen (secondary N) is 2. The number of benzene rings is 1. The van der Waals surface area contributed by atoms with Crippen LogP contribution in [0.5, 0.6) is 0 Å². The molecule has 1 fully saturated rings. The predicted molar refractivity (Wildman–Crippen MR) is 131 cm³/mol. The van der Waals surface area contributed by atoms with Crippen molar-refractivity contribution in [1.82, 2.24) is 20.4 Å². The first-order chi connectivity index (χ1) is 14.6. The number of furan rings is 1. The van der Waals surface area contributed by atoms with Gasteiger partial charge in [-0.3, -0.25) is 14.6 Å². The molecule has 2 heterocycles. The Bertz CT molecular complexity index is 883. The van der Waals surface area contributed by atoms with Gasteiger partial charge in [0.1, 0.15) is 0 Å². The highest BCUT2D eigenvalue weighted by atomic mass is 127. The molecule has 10 heteroatoms. The van der Waals surface area contributed by atoms with E-state index in [9.17, 15) is 9.59 Å². The summed E-state index contributed by atoms with van der Waals surface area (Å²) in [4.78, 5) is 32.7. The first kappa shape index (κ1) is 25.0. The molecule has 0 aliphatic carbocycles. The van der Waals surface area contributed by atoms with Gasteiger partial charge < -0.3 is 24.9 Å². The Balaban J connectivity index is 0.00000341. The van der Waals surface area contributed by atoms with Crippen molar-refractivity contribution >= 4 is 53.4 Å². The Labute approximate surface area is 204 Å². The van der Waals surface area contributed by atoms with Crippen molar-refractivity contribution in [2.24, 2.45) is 4.99 Å². The second-order valence-corrected chi connectivity index (χ2v) is 7.32. The lowest BCUT2D eigenvalue weighted by molar-refractivity contribution is -0.131. The van der Waals surface area contributed by atoms with Gasteiger partial charge in [0.05, 0.1) is 12.7 Å². The van der Waals surface area contributed by atoms with Gasteiger partial charge in [-0.05, 0) is 29.8 Å². The molecule has 2 amide bonds. The number of nitrogens with zero attached hydrogens (tertiary/aromatic N) is 3. The number of hydrogen-bond acceptors (Lipinski definition) is 4. The normalized spacial score (nSPS) is 14.1. The minimum atomic E-state index is -0.247. The van der Waals surface area contributed by atoms with Gasteiger partial charge in [0.15, 0.2) is 11.7 Å². The van der Waals surface area contributed by atoms with E-state index in [2.05, 4.69) is 20.5 Å². The van der Waals surface area contributed by atoms with E-state index in [0.717, 1.165) is 11.5 Å². The van der Waals surface area contributed by atoms with Gasteiger partial charge in [0, 0.05) is 51.3 Å². The molecule has 3 rings (SSSR count). The zero-order valence-electron chi connectivity index (χ0n) is 17.3. The molecule has 0 atom stereocenters. The Morgan fingerprint density at radius 1 is 1.06 bits per heavy atom. The molecule has 0 bridgehead atoms. The van der Waals surface area contributed by atoms with Crippen molar-refractivity contribution < 1.29 is 14.0 Å². The molecule has 0 radical (unpaired) electrons. The number of rotatable bonds is 6. The molecule has 168 valence electrons. The molecule has 1 aliphatic rings.